The summed E-state index contributed by atoms with van der Waals surface area (Å²) in [5, 5.41) is 2.50. The molecule has 1 aliphatic heterocycles. The molecule has 1 fully saturated rings. The molecule has 152 valence electrons. The second-order valence-electron chi connectivity index (χ2n) is 7.22. The number of sulfonamides is 1. The highest BCUT2D eigenvalue weighted by Crippen LogP contribution is 2.23. The van der Waals surface area contributed by atoms with Crippen molar-refractivity contribution in [3.8, 4) is 5.75 Å². The molecule has 3 aromatic rings. The molecule has 0 amide bonds. The monoisotopic (exact) mass is 410 g/mol. The van der Waals surface area contributed by atoms with E-state index in [9.17, 15) is 8.42 Å². The molecule has 0 N–H and O–H groups in total. The van der Waals surface area contributed by atoms with E-state index in [4.69, 9.17) is 4.74 Å². The number of benzene rings is 3. The fourth-order valence-electron chi connectivity index (χ4n) is 3.82. The van der Waals surface area contributed by atoms with E-state index in [1.807, 2.05) is 6.92 Å². The smallest absolute Gasteiger partial charge is 0.243 e. The number of piperazine rings is 1. The lowest BCUT2D eigenvalue weighted by Crippen LogP contribution is -2.48. The van der Waals surface area contributed by atoms with Crippen LogP contribution in [-0.2, 0) is 16.6 Å². The van der Waals surface area contributed by atoms with Crippen LogP contribution in [0, 0.1) is 0 Å². The molecule has 1 heterocycles. The van der Waals surface area contributed by atoms with Gasteiger partial charge in [0, 0.05) is 32.7 Å². The van der Waals surface area contributed by atoms with Gasteiger partial charge in [-0.1, -0.05) is 42.5 Å². The average Bonchev–Trinajstić information content (AvgIpc) is 2.75. The second-order valence-corrected chi connectivity index (χ2v) is 9.16. The van der Waals surface area contributed by atoms with Crippen molar-refractivity contribution in [2.24, 2.45) is 0 Å². The van der Waals surface area contributed by atoms with Gasteiger partial charge >= 0.3 is 0 Å². The van der Waals surface area contributed by atoms with Gasteiger partial charge in [-0.3, -0.25) is 4.90 Å². The van der Waals surface area contributed by atoms with Crippen molar-refractivity contribution in [3.63, 3.8) is 0 Å². The fourth-order valence-corrected chi connectivity index (χ4v) is 5.25. The summed E-state index contributed by atoms with van der Waals surface area (Å²) in [6, 6.07) is 21.4. The summed E-state index contributed by atoms with van der Waals surface area (Å²) in [5.74, 6) is 0.686. The number of nitrogens with zero attached hydrogens (tertiary/aromatic N) is 2. The molecule has 0 unspecified atom stereocenters. The van der Waals surface area contributed by atoms with Crippen molar-refractivity contribution in [1.82, 2.24) is 9.21 Å². The molecule has 0 radical (unpaired) electrons. The zero-order valence-corrected chi connectivity index (χ0v) is 17.4. The number of hydrogen-bond acceptors (Lipinski definition) is 4. The lowest BCUT2D eigenvalue weighted by Gasteiger charge is -2.34. The standard InChI is InChI=1S/C23H26N2O3S/c1-2-28-21-10-12-22(13-11-21)29(26,27)25-16-14-24(15-17-25)18-20-8-5-7-19-6-3-4-9-23(19)20/h3-13H,2,14-18H2,1H3. The van der Waals surface area contributed by atoms with E-state index in [0.29, 0.717) is 30.3 Å². The molecule has 29 heavy (non-hydrogen) atoms. The van der Waals surface area contributed by atoms with E-state index in [2.05, 4.69) is 47.4 Å². The second kappa shape index (κ2) is 8.53. The molecule has 0 bridgehead atoms. The van der Waals surface area contributed by atoms with Gasteiger partial charge in [0.1, 0.15) is 5.75 Å². The maximum atomic E-state index is 13.0. The molecule has 1 saturated heterocycles. The summed E-state index contributed by atoms with van der Waals surface area (Å²) in [7, 11) is -3.47. The van der Waals surface area contributed by atoms with Gasteiger partial charge in [0.15, 0.2) is 0 Å². The Morgan fingerprint density at radius 2 is 1.55 bits per heavy atom. The zero-order valence-electron chi connectivity index (χ0n) is 16.6. The highest BCUT2D eigenvalue weighted by Gasteiger charge is 2.28. The van der Waals surface area contributed by atoms with E-state index in [-0.39, 0.29) is 0 Å². The number of ether oxygens (including phenoxy) is 1. The van der Waals surface area contributed by atoms with Gasteiger partial charge in [0.25, 0.3) is 0 Å². The van der Waals surface area contributed by atoms with Crippen LogP contribution in [0.1, 0.15) is 12.5 Å². The lowest BCUT2D eigenvalue weighted by atomic mass is 10.0. The van der Waals surface area contributed by atoms with Gasteiger partial charge in [-0.25, -0.2) is 8.42 Å². The molecule has 0 aliphatic carbocycles. The normalized spacial score (nSPS) is 16.2. The SMILES string of the molecule is CCOc1ccc(S(=O)(=O)N2CCN(Cc3cccc4ccccc34)CC2)cc1. The third-order valence-electron chi connectivity index (χ3n) is 5.38. The van der Waals surface area contributed by atoms with Crippen molar-refractivity contribution in [2.75, 3.05) is 32.8 Å². The van der Waals surface area contributed by atoms with Crippen LogP contribution in [0.4, 0.5) is 0 Å². The molecule has 5 nitrogen and oxygen atoms in total. The first-order valence-electron chi connectivity index (χ1n) is 10.00. The molecule has 0 aromatic heterocycles. The molecular formula is C23H26N2O3S. The Morgan fingerprint density at radius 1 is 0.862 bits per heavy atom. The van der Waals surface area contributed by atoms with Crippen molar-refractivity contribution >= 4 is 20.8 Å². The Kier molecular flexibility index (Phi) is 5.85. The van der Waals surface area contributed by atoms with Gasteiger partial charge in [0.2, 0.25) is 10.0 Å². The number of fused-ring (bicyclic) bond motifs is 1. The minimum Gasteiger partial charge on any atom is -0.494 e. The molecule has 0 spiro atoms. The summed E-state index contributed by atoms with van der Waals surface area (Å²) in [5.41, 5.74) is 1.28. The van der Waals surface area contributed by atoms with E-state index in [0.717, 1.165) is 19.6 Å². The van der Waals surface area contributed by atoms with Crippen LogP contribution < -0.4 is 4.74 Å². The molecule has 0 saturated carbocycles. The fraction of sp³-hybridized carbons (Fsp3) is 0.304. The topological polar surface area (TPSA) is 49.9 Å². The first kappa shape index (κ1) is 19.9. The summed E-state index contributed by atoms with van der Waals surface area (Å²) in [6.07, 6.45) is 0. The average molecular weight is 411 g/mol. The Labute approximate surface area is 172 Å². The maximum absolute atomic E-state index is 13.0. The quantitative estimate of drug-likeness (QED) is 0.621. The van der Waals surface area contributed by atoms with Crippen LogP contribution in [0.5, 0.6) is 5.75 Å². The van der Waals surface area contributed by atoms with Crippen LogP contribution in [0.3, 0.4) is 0 Å². The first-order chi connectivity index (χ1) is 14.1. The van der Waals surface area contributed by atoms with E-state index in [1.165, 1.54) is 16.3 Å². The minimum absolute atomic E-state index is 0.323. The largest absolute Gasteiger partial charge is 0.494 e. The Hall–Kier alpha value is -2.41. The van der Waals surface area contributed by atoms with Gasteiger partial charge < -0.3 is 4.74 Å². The molecular weight excluding hydrogens is 384 g/mol. The summed E-state index contributed by atoms with van der Waals surface area (Å²) >= 11 is 0. The first-order valence-corrected chi connectivity index (χ1v) is 11.4. The van der Waals surface area contributed by atoms with Gasteiger partial charge in [-0.15, -0.1) is 0 Å². The number of rotatable bonds is 6. The van der Waals surface area contributed by atoms with E-state index in [1.54, 1.807) is 28.6 Å². The van der Waals surface area contributed by atoms with Crippen molar-refractivity contribution < 1.29 is 13.2 Å². The van der Waals surface area contributed by atoms with E-state index < -0.39 is 10.0 Å². The minimum atomic E-state index is -3.47. The van der Waals surface area contributed by atoms with Crippen LogP contribution in [0.2, 0.25) is 0 Å². The van der Waals surface area contributed by atoms with Gasteiger partial charge in [0.05, 0.1) is 11.5 Å². The summed E-state index contributed by atoms with van der Waals surface area (Å²) in [4.78, 5) is 2.65. The third-order valence-corrected chi connectivity index (χ3v) is 7.29. The predicted molar refractivity (Wildman–Crippen MR) is 116 cm³/mol. The molecule has 3 aromatic carbocycles. The van der Waals surface area contributed by atoms with Crippen molar-refractivity contribution in [1.29, 1.82) is 0 Å². The van der Waals surface area contributed by atoms with Crippen LogP contribution in [0.25, 0.3) is 10.8 Å². The maximum Gasteiger partial charge on any atom is 0.243 e. The van der Waals surface area contributed by atoms with Crippen molar-refractivity contribution in [2.45, 2.75) is 18.4 Å². The Balaban J connectivity index is 1.42. The predicted octanol–water partition coefficient (Wildman–Crippen LogP) is 3.75. The van der Waals surface area contributed by atoms with Gasteiger partial charge in [-0.05, 0) is 47.5 Å². The van der Waals surface area contributed by atoms with Crippen molar-refractivity contribution in [3.05, 3.63) is 72.3 Å². The van der Waals surface area contributed by atoms with Crippen LogP contribution in [0.15, 0.2) is 71.6 Å². The Morgan fingerprint density at radius 3 is 2.28 bits per heavy atom. The highest BCUT2D eigenvalue weighted by molar-refractivity contribution is 7.89. The van der Waals surface area contributed by atoms with Crippen LogP contribution in [-0.4, -0.2) is 50.4 Å². The van der Waals surface area contributed by atoms with E-state index >= 15 is 0 Å². The highest BCUT2D eigenvalue weighted by atomic mass is 32.2. The third kappa shape index (κ3) is 4.29. The molecule has 6 heteroatoms. The van der Waals surface area contributed by atoms with Crippen LogP contribution >= 0.6 is 0 Å². The lowest BCUT2D eigenvalue weighted by molar-refractivity contribution is 0.182. The summed E-state index contributed by atoms with van der Waals surface area (Å²) in [6.45, 7) is 5.74. The summed E-state index contributed by atoms with van der Waals surface area (Å²) < 4.78 is 32.9. The molecule has 0 atom stereocenters. The number of hydrogen-bond donors (Lipinski definition) is 0. The molecule has 1 aliphatic rings. The molecule has 4 rings (SSSR count). The van der Waals surface area contributed by atoms with Gasteiger partial charge in [-0.2, -0.15) is 4.31 Å². The Bertz CT molecular complexity index is 1070. The zero-order chi connectivity index (χ0) is 20.3.